The number of imidazole rings is 1. The minimum atomic E-state index is -0.491. The molecule has 144 valence electrons. The van der Waals surface area contributed by atoms with E-state index in [1.54, 1.807) is 0 Å². The summed E-state index contributed by atoms with van der Waals surface area (Å²) >= 11 is 1.41. The van der Waals surface area contributed by atoms with E-state index in [1.165, 1.54) is 40.9 Å². The lowest BCUT2D eigenvalue weighted by atomic mass is 10.1. The van der Waals surface area contributed by atoms with Gasteiger partial charge in [0.1, 0.15) is 6.54 Å². The number of hydrogen-bond donors (Lipinski definition) is 1. The largest absolute Gasteiger partial charge is 0.332 e. The number of carbonyl (C=O) groups excluding carboxylic acids is 1. The predicted octanol–water partition coefficient (Wildman–Crippen LogP) is 1.30. The molecule has 0 bridgehead atoms. The Morgan fingerprint density at radius 3 is 2.68 bits per heavy atom. The molecule has 0 fully saturated rings. The van der Waals surface area contributed by atoms with Crippen molar-refractivity contribution in [3.8, 4) is 0 Å². The fraction of sp³-hybridized carbons (Fsp3) is 0.278. The van der Waals surface area contributed by atoms with Crippen molar-refractivity contribution in [2.75, 3.05) is 5.32 Å². The Balaban J connectivity index is 1.65. The molecule has 9 nitrogen and oxygen atoms in total. The van der Waals surface area contributed by atoms with Crippen molar-refractivity contribution < 1.29 is 4.79 Å². The van der Waals surface area contributed by atoms with E-state index in [0.29, 0.717) is 5.13 Å². The molecule has 0 saturated carbocycles. The third kappa shape index (κ3) is 2.82. The molecule has 0 aliphatic rings. The minimum Gasteiger partial charge on any atom is -0.315 e. The molecule has 0 saturated heterocycles. The summed E-state index contributed by atoms with van der Waals surface area (Å²) in [6.07, 6.45) is 1.39. The predicted molar refractivity (Wildman–Crippen MR) is 108 cm³/mol. The van der Waals surface area contributed by atoms with Crippen molar-refractivity contribution >= 4 is 43.8 Å². The lowest BCUT2D eigenvalue weighted by Crippen LogP contribution is -2.37. The molecule has 1 amide bonds. The van der Waals surface area contributed by atoms with Gasteiger partial charge in [-0.15, -0.1) is 0 Å². The van der Waals surface area contributed by atoms with Crippen molar-refractivity contribution in [3.63, 3.8) is 0 Å². The fourth-order valence-electron chi connectivity index (χ4n) is 3.26. The molecule has 0 unspecified atom stereocenters. The van der Waals surface area contributed by atoms with E-state index >= 15 is 0 Å². The summed E-state index contributed by atoms with van der Waals surface area (Å²) in [6, 6.07) is 4.05. The van der Waals surface area contributed by atoms with Crippen LogP contribution >= 0.6 is 11.3 Å². The molecule has 10 heteroatoms. The SMILES string of the molecule is Cc1cc(C)c2sc(NC(=O)Cn3cnc4c3c(=O)n(C)c(=O)n4C)nc2c1. The molecular formula is C18H18N6O3S. The van der Waals surface area contributed by atoms with E-state index in [4.69, 9.17) is 0 Å². The van der Waals surface area contributed by atoms with Crippen LogP contribution in [0.25, 0.3) is 21.4 Å². The molecular weight excluding hydrogens is 380 g/mol. The summed E-state index contributed by atoms with van der Waals surface area (Å²) in [7, 11) is 2.93. The number of rotatable bonds is 3. The molecule has 0 aliphatic carbocycles. The molecule has 28 heavy (non-hydrogen) atoms. The van der Waals surface area contributed by atoms with Crippen LogP contribution < -0.4 is 16.6 Å². The van der Waals surface area contributed by atoms with Crippen LogP contribution in [0.1, 0.15) is 11.1 Å². The number of nitrogens with one attached hydrogen (secondary N) is 1. The molecule has 4 aromatic rings. The quantitative estimate of drug-likeness (QED) is 0.560. The Labute approximate surface area is 162 Å². The van der Waals surface area contributed by atoms with Crippen molar-refractivity contribution in [3.05, 3.63) is 50.4 Å². The molecule has 0 spiro atoms. The van der Waals surface area contributed by atoms with Gasteiger partial charge in [-0.2, -0.15) is 0 Å². The topological polar surface area (TPSA) is 104 Å². The van der Waals surface area contributed by atoms with Crippen LogP contribution in [0.5, 0.6) is 0 Å². The third-order valence-electron chi connectivity index (χ3n) is 4.60. The molecule has 3 heterocycles. The number of nitrogens with zero attached hydrogens (tertiary/aromatic N) is 5. The zero-order valence-electron chi connectivity index (χ0n) is 15.8. The van der Waals surface area contributed by atoms with E-state index in [0.717, 1.165) is 25.9 Å². The Bertz CT molecular complexity index is 1370. The summed E-state index contributed by atoms with van der Waals surface area (Å²) in [4.78, 5) is 45.6. The second-order valence-corrected chi connectivity index (χ2v) is 7.75. The first-order chi connectivity index (χ1) is 13.3. The van der Waals surface area contributed by atoms with Gasteiger partial charge in [0.2, 0.25) is 5.91 Å². The lowest BCUT2D eigenvalue weighted by molar-refractivity contribution is -0.116. The van der Waals surface area contributed by atoms with Gasteiger partial charge in [0, 0.05) is 14.1 Å². The van der Waals surface area contributed by atoms with Gasteiger partial charge in [-0.05, 0) is 31.0 Å². The molecule has 0 aliphatic heterocycles. The van der Waals surface area contributed by atoms with Crippen LogP contribution in [0.3, 0.4) is 0 Å². The maximum atomic E-state index is 12.5. The van der Waals surface area contributed by atoms with Gasteiger partial charge in [-0.3, -0.25) is 18.7 Å². The molecule has 3 aromatic heterocycles. The van der Waals surface area contributed by atoms with Crippen molar-refractivity contribution in [1.29, 1.82) is 0 Å². The summed E-state index contributed by atoms with van der Waals surface area (Å²) in [6.45, 7) is 3.90. The van der Waals surface area contributed by atoms with Crippen LogP contribution in [-0.2, 0) is 25.4 Å². The van der Waals surface area contributed by atoms with Gasteiger partial charge in [0.25, 0.3) is 5.56 Å². The second kappa shape index (κ2) is 6.41. The van der Waals surface area contributed by atoms with Crippen LogP contribution in [-0.4, -0.2) is 29.6 Å². The highest BCUT2D eigenvalue weighted by Gasteiger charge is 2.17. The van der Waals surface area contributed by atoms with Crippen LogP contribution in [0.15, 0.2) is 28.0 Å². The van der Waals surface area contributed by atoms with Gasteiger partial charge in [0.05, 0.1) is 16.5 Å². The molecule has 0 atom stereocenters. The number of anilines is 1. The summed E-state index contributed by atoms with van der Waals surface area (Å²) in [5, 5.41) is 3.28. The molecule has 4 rings (SSSR count). The zero-order chi connectivity index (χ0) is 20.2. The minimum absolute atomic E-state index is 0.113. The number of fused-ring (bicyclic) bond motifs is 2. The van der Waals surface area contributed by atoms with E-state index in [2.05, 4.69) is 21.4 Å². The van der Waals surface area contributed by atoms with Crippen molar-refractivity contribution in [2.24, 2.45) is 14.1 Å². The average molecular weight is 398 g/mol. The highest BCUT2D eigenvalue weighted by atomic mass is 32.1. The normalized spacial score (nSPS) is 11.4. The van der Waals surface area contributed by atoms with E-state index in [-0.39, 0.29) is 23.6 Å². The number of thiazole rings is 1. The average Bonchev–Trinajstić information content (AvgIpc) is 3.22. The Morgan fingerprint density at radius 2 is 1.93 bits per heavy atom. The Morgan fingerprint density at radius 1 is 1.18 bits per heavy atom. The lowest BCUT2D eigenvalue weighted by Gasteiger charge is -2.06. The highest BCUT2D eigenvalue weighted by Crippen LogP contribution is 2.29. The standard InChI is InChI=1S/C18H18N6O3S/c1-9-5-10(2)14-11(6-9)20-17(28-14)21-12(25)7-24-8-19-15-13(24)16(26)23(4)18(27)22(15)3/h5-6,8H,7H2,1-4H3,(H,20,21,25). The van der Waals surface area contributed by atoms with Crippen molar-refractivity contribution in [1.82, 2.24) is 23.7 Å². The summed E-state index contributed by atoms with van der Waals surface area (Å²) in [5.41, 5.74) is 2.55. The summed E-state index contributed by atoms with van der Waals surface area (Å²) < 4.78 is 4.74. The first kappa shape index (κ1) is 18.1. The van der Waals surface area contributed by atoms with E-state index in [1.807, 2.05) is 19.9 Å². The molecule has 0 radical (unpaired) electrons. The van der Waals surface area contributed by atoms with Crippen LogP contribution in [0.4, 0.5) is 5.13 Å². The first-order valence-electron chi connectivity index (χ1n) is 8.54. The van der Waals surface area contributed by atoms with Crippen LogP contribution in [0, 0.1) is 13.8 Å². The third-order valence-corrected chi connectivity index (χ3v) is 5.72. The van der Waals surface area contributed by atoms with Gasteiger partial charge in [-0.25, -0.2) is 14.8 Å². The first-order valence-corrected chi connectivity index (χ1v) is 9.36. The van der Waals surface area contributed by atoms with Gasteiger partial charge in [-0.1, -0.05) is 17.4 Å². The zero-order valence-corrected chi connectivity index (χ0v) is 16.6. The number of aromatic nitrogens is 5. The van der Waals surface area contributed by atoms with E-state index < -0.39 is 11.2 Å². The monoisotopic (exact) mass is 398 g/mol. The number of aryl methyl sites for hydroxylation is 3. The van der Waals surface area contributed by atoms with Gasteiger partial charge >= 0.3 is 5.69 Å². The smallest absolute Gasteiger partial charge is 0.315 e. The highest BCUT2D eigenvalue weighted by molar-refractivity contribution is 7.22. The van der Waals surface area contributed by atoms with Gasteiger partial charge in [0.15, 0.2) is 16.3 Å². The second-order valence-electron chi connectivity index (χ2n) is 6.75. The Hall–Kier alpha value is -3.27. The Kier molecular flexibility index (Phi) is 4.15. The van der Waals surface area contributed by atoms with Crippen LogP contribution in [0.2, 0.25) is 0 Å². The number of amides is 1. The van der Waals surface area contributed by atoms with Gasteiger partial charge < -0.3 is 9.88 Å². The number of hydrogen-bond acceptors (Lipinski definition) is 6. The molecule has 1 N–H and O–H groups in total. The summed E-state index contributed by atoms with van der Waals surface area (Å²) in [5.74, 6) is -0.330. The maximum Gasteiger partial charge on any atom is 0.332 e. The maximum absolute atomic E-state index is 12.5. The molecule has 1 aromatic carbocycles. The number of benzene rings is 1. The van der Waals surface area contributed by atoms with E-state index in [9.17, 15) is 14.4 Å². The number of carbonyl (C=O) groups is 1. The fourth-order valence-corrected chi connectivity index (χ4v) is 4.19. The van der Waals surface area contributed by atoms with Crippen molar-refractivity contribution in [2.45, 2.75) is 20.4 Å².